The molecule has 0 N–H and O–H groups in total. The van der Waals surface area contributed by atoms with Gasteiger partial charge in [0.15, 0.2) is 5.78 Å². The number of sulfonamides is 1. The van der Waals surface area contributed by atoms with E-state index in [1.807, 2.05) is 17.9 Å². The minimum atomic E-state index is -3.44. The van der Waals surface area contributed by atoms with E-state index in [0.717, 1.165) is 17.0 Å². The van der Waals surface area contributed by atoms with Crippen molar-refractivity contribution in [3.63, 3.8) is 0 Å². The van der Waals surface area contributed by atoms with Gasteiger partial charge in [-0.3, -0.25) is 9.69 Å². The molecule has 0 unspecified atom stereocenters. The van der Waals surface area contributed by atoms with Gasteiger partial charge in [0.25, 0.3) is 0 Å². The average molecular weight is 450 g/mol. The number of rotatable bonds is 7. The molecule has 2 heterocycles. The number of ketones is 1. The summed E-state index contributed by atoms with van der Waals surface area (Å²) in [6.45, 7) is 6.29. The summed E-state index contributed by atoms with van der Waals surface area (Å²) >= 11 is 6.13. The lowest BCUT2D eigenvalue weighted by atomic mass is 10.1. The highest BCUT2D eigenvalue weighted by atomic mass is 35.5. The van der Waals surface area contributed by atoms with Crippen molar-refractivity contribution in [1.29, 1.82) is 0 Å². The van der Waals surface area contributed by atoms with E-state index in [2.05, 4.69) is 11.5 Å². The Morgan fingerprint density at radius 3 is 2.40 bits per heavy atom. The number of hydrogen-bond acceptors (Lipinski definition) is 4. The van der Waals surface area contributed by atoms with Crippen LogP contribution in [0, 0.1) is 13.8 Å². The third-order valence-electron chi connectivity index (χ3n) is 6.08. The molecule has 1 aromatic carbocycles. The first-order chi connectivity index (χ1) is 14.3. The molecule has 1 saturated heterocycles. The Bertz CT molecular complexity index is 1050. The van der Waals surface area contributed by atoms with E-state index in [1.54, 1.807) is 24.3 Å². The van der Waals surface area contributed by atoms with E-state index in [9.17, 15) is 13.2 Å². The maximum absolute atomic E-state index is 12.9. The van der Waals surface area contributed by atoms with Crippen LogP contribution in [-0.4, -0.2) is 60.7 Å². The molecule has 6 nitrogen and oxygen atoms in total. The van der Waals surface area contributed by atoms with Crippen molar-refractivity contribution >= 4 is 27.4 Å². The molecule has 8 heteroatoms. The second-order valence-electron chi connectivity index (χ2n) is 8.33. The molecule has 1 aromatic heterocycles. The molecule has 2 aliphatic rings. The Morgan fingerprint density at radius 1 is 1.10 bits per heavy atom. The summed E-state index contributed by atoms with van der Waals surface area (Å²) in [5, 5.41) is 0.467. The van der Waals surface area contributed by atoms with Crippen molar-refractivity contribution in [3.05, 3.63) is 57.9 Å². The number of benzene rings is 1. The first-order valence-corrected chi connectivity index (χ1v) is 12.4. The van der Waals surface area contributed by atoms with E-state index >= 15 is 0 Å². The molecule has 0 amide bonds. The van der Waals surface area contributed by atoms with Crippen LogP contribution in [0.25, 0.3) is 0 Å². The van der Waals surface area contributed by atoms with Gasteiger partial charge in [0.2, 0.25) is 10.0 Å². The molecule has 0 spiro atoms. The Kier molecular flexibility index (Phi) is 6.08. The highest BCUT2D eigenvalue weighted by Gasteiger charge is 2.31. The zero-order valence-electron chi connectivity index (χ0n) is 17.5. The molecule has 30 heavy (non-hydrogen) atoms. The number of piperazine rings is 1. The van der Waals surface area contributed by atoms with Crippen LogP contribution in [0.4, 0.5) is 0 Å². The SMILES string of the molecule is Cc1cc(C(=O)CN2CCN(S(=O)(=O)Cc3ccccc3Cl)CC2)c(C)n1C1CC1. The number of aromatic nitrogens is 1. The van der Waals surface area contributed by atoms with Crippen LogP contribution in [0.5, 0.6) is 0 Å². The van der Waals surface area contributed by atoms with E-state index in [0.29, 0.717) is 49.4 Å². The predicted octanol–water partition coefficient (Wildman–Crippen LogP) is 3.42. The van der Waals surface area contributed by atoms with Gasteiger partial charge in [0, 0.05) is 54.2 Å². The lowest BCUT2D eigenvalue weighted by Crippen LogP contribution is -2.50. The van der Waals surface area contributed by atoms with Crippen LogP contribution >= 0.6 is 11.6 Å². The second-order valence-corrected chi connectivity index (χ2v) is 10.7. The monoisotopic (exact) mass is 449 g/mol. The lowest BCUT2D eigenvalue weighted by Gasteiger charge is -2.33. The van der Waals surface area contributed by atoms with Crippen LogP contribution in [-0.2, 0) is 15.8 Å². The maximum atomic E-state index is 12.9. The number of carbonyl (C=O) groups is 1. The first kappa shape index (κ1) is 21.6. The van der Waals surface area contributed by atoms with Gasteiger partial charge in [0.1, 0.15) is 0 Å². The normalized spacial score (nSPS) is 18.6. The molecule has 162 valence electrons. The lowest BCUT2D eigenvalue weighted by molar-refractivity contribution is 0.0901. The van der Waals surface area contributed by atoms with E-state index in [4.69, 9.17) is 11.6 Å². The molecular weight excluding hydrogens is 422 g/mol. The molecule has 2 aromatic rings. The number of hydrogen-bond donors (Lipinski definition) is 0. The van der Waals surface area contributed by atoms with Gasteiger partial charge in [-0.2, -0.15) is 4.31 Å². The number of carbonyl (C=O) groups excluding carboxylic acids is 1. The zero-order valence-corrected chi connectivity index (χ0v) is 19.0. The van der Waals surface area contributed by atoms with Crippen molar-refractivity contribution in [2.75, 3.05) is 32.7 Å². The van der Waals surface area contributed by atoms with Gasteiger partial charge in [-0.05, 0) is 44.4 Å². The largest absolute Gasteiger partial charge is 0.345 e. The Balaban J connectivity index is 1.35. The zero-order chi connectivity index (χ0) is 21.5. The molecule has 0 bridgehead atoms. The molecule has 2 fully saturated rings. The van der Waals surface area contributed by atoms with Gasteiger partial charge < -0.3 is 4.57 Å². The smallest absolute Gasteiger partial charge is 0.218 e. The van der Waals surface area contributed by atoms with Crippen molar-refractivity contribution in [3.8, 4) is 0 Å². The van der Waals surface area contributed by atoms with Gasteiger partial charge in [0.05, 0.1) is 12.3 Å². The van der Waals surface area contributed by atoms with Crippen molar-refractivity contribution in [1.82, 2.24) is 13.8 Å². The van der Waals surface area contributed by atoms with E-state index in [1.165, 1.54) is 17.1 Å². The van der Waals surface area contributed by atoms with Crippen molar-refractivity contribution < 1.29 is 13.2 Å². The summed E-state index contributed by atoms with van der Waals surface area (Å²) in [5.41, 5.74) is 3.62. The summed E-state index contributed by atoms with van der Waals surface area (Å²) in [4.78, 5) is 14.9. The first-order valence-electron chi connectivity index (χ1n) is 10.4. The summed E-state index contributed by atoms with van der Waals surface area (Å²) in [5.74, 6) is 0.0149. The summed E-state index contributed by atoms with van der Waals surface area (Å²) < 4.78 is 29.4. The third-order valence-corrected chi connectivity index (χ3v) is 8.28. The van der Waals surface area contributed by atoms with Gasteiger partial charge >= 0.3 is 0 Å². The maximum Gasteiger partial charge on any atom is 0.218 e. The molecule has 4 rings (SSSR count). The Morgan fingerprint density at radius 2 is 1.77 bits per heavy atom. The van der Waals surface area contributed by atoms with Crippen molar-refractivity contribution in [2.45, 2.75) is 38.5 Å². The third kappa shape index (κ3) is 4.49. The fourth-order valence-corrected chi connectivity index (χ4v) is 6.14. The standard InChI is InChI=1S/C22H28ClN3O3S/c1-16-13-20(17(2)26(16)19-7-8-19)22(27)14-24-9-11-25(12-10-24)30(28,29)15-18-5-3-4-6-21(18)23/h3-6,13,19H,7-12,14-15H2,1-2H3. The van der Waals surface area contributed by atoms with Crippen LogP contribution < -0.4 is 0 Å². The molecular formula is C22H28ClN3O3S. The number of halogens is 1. The fourth-order valence-electron chi connectivity index (χ4n) is 4.31. The second kappa shape index (κ2) is 8.46. The van der Waals surface area contributed by atoms with Crippen LogP contribution in [0.1, 0.15) is 46.2 Å². The van der Waals surface area contributed by atoms with Crippen LogP contribution in [0.15, 0.2) is 30.3 Å². The number of Topliss-reactive ketones (excluding diaryl/α,β-unsaturated/α-hetero) is 1. The predicted molar refractivity (Wildman–Crippen MR) is 119 cm³/mol. The Labute approximate surface area is 183 Å². The highest BCUT2D eigenvalue weighted by molar-refractivity contribution is 7.88. The minimum absolute atomic E-state index is 0.0985. The topological polar surface area (TPSA) is 62.6 Å². The molecule has 1 aliphatic heterocycles. The summed E-state index contributed by atoms with van der Waals surface area (Å²) in [7, 11) is -3.44. The Hall–Kier alpha value is -1.67. The molecule has 1 saturated carbocycles. The molecule has 0 radical (unpaired) electrons. The van der Waals surface area contributed by atoms with Crippen molar-refractivity contribution in [2.24, 2.45) is 0 Å². The van der Waals surface area contributed by atoms with Crippen LogP contribution in [0.2, 0.25) is 5.02 Å². The van der Waals surface area contributed by atoms with Gasteiger partial charge in [-0.25, -0.2) is 8.42 Å². The van der Waals surface area contributed by atoms with E-state index in [-0.39, 0.29) is 11.5 Å². The summed E-state index contributed by atoms with van der Waals surface area (Å²) in [6, 6.07) is 9.58. The summed E-state index contributed by atoms with van der Waals surface area (Å²) in [6.07, 6.45) is 2.38. The highest BCUT2D eigenvalue weighted by Crippen LogP contribution is 2.38. The van der Waals surface area contributed by atoms with Gasteiger partial charge in [-0.15, -0.1) is 0 Å². The minimum Gasteiger partial charge on any atom is -0.345 e. The number of nitrogens with zero attached hydrogens (tertiary/aromatic N) is 3. The van der Waals surface area contributed by atoms with Crippen LogP contribution in [0.3, 0.4) is 0 Å². The quantitative estimate of drug-likeness (QED) is 0.607. The van der Waals surface area contributed by atoms with Gasteiger partial charge in [-0.1, -0.05) is 29.8 Å². The molecule has 0 atom stereocenters. The average Bonchev–Trinajstić information content (AvgIpc) is 3.48. The molecule has 1 aliphatic carbocycles. The fraction of sp³-hybridized carbons (Fsp3) is 0.500. The van der Waals surface area contributed by atoms with E-state index < -0.39 is 10.0 Å². The number of aryl methyl sites for hydroxylation is 1.